The minimum Gasteiger partial charge on any atom is -0.356 e. The maximum atomic E-state index is 11.1. The predicted octanol–water partition coefficient (Wildman–Crippen LogP) is 4.96. The van der Waals surface area contributed by atoms with Crippen molar-refractivity contribution in [2.45, 2.75) is 33.6 Å². The third kappa shape index (κ3) is 5.78. The molecule has 0 bridgehead atoms. The minimum absolute atomic E-state index is 0.0225. The first-order valence-corrected chi connectivity index (χ1v) is 11.7. The van der Waals surface area contributed by atoms with Crippen LogP contribution in [0.5, 0.6) is 0 Å². The number of nitrogens with zero attached hydrogens (tertiary/aromatic N) is 4. The summed E-state index contributed by atoms with van der Waals surface area (Å²) in [7, 11) is 0. The summed E-state index contributed by atoms with van der Waals surface area (Å²) < 4.78 is 0. The summed E-state index contributed by atoms with van der Waals surface area (Å²) in [5, 5.41) is 7.07. The average Bonchev–Trinajstić information content (AvgIpc) is 3.21. The zero-order chi connectivity index (χ0) is 23.2. The van der Waals surface area contributed by atoms with Crippen molar-refractivity contribution in [3.63, 3.8) is 0 Å². The molecule has 3 heterocycles. The molecule has 0 unspecified atom stereocenters. The first kappa shape index (κ1) is 22.5. The molecule has 0 spiro atoms. The van der Waals surface area contributed by atoms with E-state index in [-0.39, 0.29) is 5.91 Å². The van der Waals surface area contributed by atoms with Crippen LogP contribution in [-0.4, -0.2) is 32.4 Å². The van der Waals surface area contributed by atoms with Gasteiger partial charge in [0.1, 0.15) is 5.01 Å². The summed E-state index contributed by atoms with van der Waals surface area (Å²) in [6.45, 7) is 6.23. The smallest absolute Gasteiger partial charge is 0.227 e. The molecule has 0 aliphatic heterocycles. The van der Waals surface area contributed by atoms with E-state index in [2.05, 4.69) is 33.6 Å². The normalized spacial score (nSPS) is 10.8. The highest BCUT2D eigenvalue weighted by molar-refractivity contribution is 7.18. The molecule has 1 amide bonds. The second kappa shape index (κ2) is 10.3. The van der Waals surface area contributed by atoms with Gasteiger partial charge in [-0.05, 0) is 55.7 Å². The number of aryl methyl sites for hydroxylation is 2. The molecule has 4 rings (SSSR count). The summed E-state index contributed by atoms with van der Waals surface area (Å²) in [5.41, 5.74) is 5.92. The molecule has 33 heavy (non-hydrogen) atoms. The Morgan fingerprint density at radius 2 is 1.91 bits per heavy atom. The van der Waals surface area contributed by atoms with Gasteiger partial charge in [-0.15, -0.1) is 11.3 Å². The van der Waals surface area contributed by atoms with Crippen LogP contribution in [0.15, 0.2) is 54.9 Å². The van der Waals surface area contributed by atoms with Crippen molar-refractivity contribution in [3.8, 4) is 21.1 Å². The number of hydrogen-bond donors (Lipinski definition) is 2. The molecular weight excluding hydrogens is 432 g/mol. The molecule has 8 heteroatoms. The number of hydrogen-bond acceptors (Lipinski definition) is 7. The molecule has 0 atom stereocenters. The summed E-state index contributed by atoms with van der Waals surface area (Å²) in [6.07, 6.45) is 5.24. The molecule has 7 nitrogen and oxygen atoms in total. The molecule has 0 aliphatic carbocycles. The van der Waals surface area contributed by atoms with E-state index < -0.39 is 0 Å². The lowest BCUT2D eigenvalue weighted by Gasteiger charge is -2.08. The topological polar surface area (TPSA) is 92.7 Å². The number of nitrogens with one attached hydrogen (secondary N) is 2. The summed E-state index contributed by atoms with van der Waals surface area (Å²) in [6, 6.07) is 14.0. The van der Waals surface area contributed by atoms with Gasteiger partial charge in [-0.3, -0.25) is 9.78 Å². The Balaban J connectivity index is 1.53. The van der Waals surface area contributed by atoms with Crippen LogP contribution in [-0.2, 0) is 17.6 Å². The highest BCUT2D eigenvalue weighted by Crippen LogP contribution is 2.34. The zero-order valence-electron chi connectivity index (χ0n) is 18.9. The fourth-order valence-electron chi connectivity index (χ4n) is 3.42. The van der Waals surface area contributed by atoms with Gasteiger partial charge >= 0.3 is 0 Å². The van der Waals surface area contributed by atoms with Gasteiger partial charge in [0.2, 0.25) is 11.9 Å². The largest absolute Gasteiger partial charge is 0.356 e. The maximum Gasteiger partial charge on any atom is 0.227 e. The minimum atomic E-state index is -0.0225. The Labute approximate surface area is 197 Å². The number of aromatic nitrogens is 4. The first-order chi connectivity index (χ1) is 16.0. The highest BCUT2D eigenvalue weighted by atomic mass is 32.1. The van der Waals surface area contributed by atoms with Crippen LogP contribution < -0.4 is 10.6 Å². The van der Waals surface area contributed by atoms with Crippen molar-refractivity contribution in [1.29, 1.82) is 0 Å². The monoisotopic (exact) mass is 458 g/mol. The molecule has 0 radical (unpaired) electrons. The molecule has 4 aromatic rings. The number of thiazole rings is 1. The van der Waals surface area contributed by atoms with Crippen molar-refractivity contribution in [1.82, 2.24) is 25.3 Å². The van der Waals surface area contributed by atoms with Crippen molar-refractivity contribution in [3.05, 3.63) is 71.8 Å². The van der Waals surface area contributed by atoms with Gasteiger partial charge in [0.05, 0.1) is 16.3 Å². The second-order valence-electron chi connectivity index (χ2n) is 7.65. The molecule has 2 N–H and O–H groups in total. The molecule has 168 valence electrons. The molecule has 0 saturated carbocycles. The lowest BCUT2D eigenvalue weighted by Crippen LogP contribution is -2.22. The summed E-state index contributed by atoms with van der Waals surface area (Å²) in [4.78, 5) is 30.4. The van der Waals surface area contributed by atoms with Gasteiger partial charge < -0.3 is 10.6 Å². The van der Waals surface area contributed by atoms with Crippen LogP contribution in [0.3, 0.4) is 0 Å². The maximum absolute atomic E-state index is 11.1. The Kier molecular flexibility index (Phi) is 7.04. The first-order valence-electron chi connectivity index (χ1n) is 10.9. The number of pyridine rings is 1. The van der Waals surface area contributed by atoms with Crippen LogP contribution in [0.4, 0.5) is 11.6 Å². The Bertz CT molecular complexity index is 1270. The van der Waals surface area contributed by atoms with Crippen molar-refractivity contribution in [2.75, 3.05) is 11.9 Å². The number of carbonyl (C=O) groups is 1. The zero-order valence-corrected chi connectivity index (χ0v) is 19.7. The van der Waals surface area contributed by atoms with E-state index in [1.54, 1.807) is 17.5 Å². The average molecular weight is 459 g/mol. The summed E-state index contributed by atoms with van der Waals surface area (Å²) >= 11 is 1.62. The summed E-state index contributed by atoms with van der Waals surface area (Å²) in [5.74, 6) is 0.504. The number of rotatable bonds is 8. The van der Waals surface area contributed by atoms with Gasteiger partial charge in [-0.2, -0.15) is 0 Å². The highest BCUT2D eigenvalue weighted by Gasteiger charge is 2.14. The van der Waals surface area contributed by atoms with Gasteiger partial charge in [0, 0.05) is 42.8 Å². The Hall–Kier alpha value is -3.65. The number of benzene rings is 1. The quantitative estimate of drug-likeness (QED) is 0.388. The van der Waals surface area contributed by atoms with Crippen LogP contribution >= 0.6 is 11.3 Å². The van der Waals surface area contributed by atoms with Crippen molar-refractivity contribution < 1.29 is 4.79 Å². The van der Waals surface area contributed by atoms with Crippen molar-refractivity contribution in [2.24, 2.45) is 0 Å². The number of anilines is 2. The molecule has 0 saturated heterocycles. The standard InChI is InChI=1S/C25H26N6OS/c1-4-20-15-19(9-12-27-20)24-29-16(2)23(33-24)22-10-13-28-25(31-22)30-21-7-5-6-18(14-21)8-11-26-17(3)32/h5-7,9-10,12-15H,4,8,11H2,1-3H3,(H,26,32)(H,28,30,31). The van der Waals surface area contributed by atoms with E-state index in [1.807, 2.05) is 49.5 Å². The fourth-order valence-corrected chi connectivity index (χ4v) is 4.46. The Morgan fingerprint density at radius 1 is 1.06 bits per heavy atom. The molecule has 3 aromatic heterocycles. The molecule has 0 fully saturated rings. The van der Waals surface area contributed by atoms with E-state index in [0.29, 0.717) is 12.5 Å². The predicted molar refractivity (Wildman–Crippen MR) is 133 cm³/mol. The fraction of sp³-hybridized carbons (Fsp3) is 0.240. The van der Waals surface area contributed by atoms with Crippen LogP contribution in [0.2, 0.25) is 0 Å². The van der Waals surface area contributed by atoms with Crippen molar-refractivity contribution >= 4 is 28.9 Å². The van der Waals surface area contributed by atoms with E-state index in [4.69, 9.17) is 9.97 Å². The van der Waals surface area contributed by atoms with E-state index in [0.717, 1.165) is 56.6 Å². The third-order valence-corrected chi connectivity index (χ3v) is 6.31. The third-order valence-electron chi connectivity index (χ3n) is 5.08. The van der Waals surface area contributed by atoms with E-state index >= 15 is 0 Å². The van der Waals surface area contributed by atoms with Gasteiger partial charge in [0.25, 0.3) is 0 Å². The van der Waals surface area contributed by atoms with Crippen LogP contribution in [0.25, 0.3) is 21.1 Å². The van der Waals surface area contributed by atoms with E-state index in [9.17, 15) is 4.79 Å². The Morgan fingerprint density at radius 3 is 2.73 bits per heavy atom. The van der Waals surface area contributed by atoms with E-state index in [1.165, 1.54) is 6.92 Å². The van der Waals surface area contributed by atoms with Gasteiger partial charge in [0.15, 0.2) is 0 Å². The molecule has 0 aliphatic rings. The van der Waals surface area contributed by atoms with Gasteiger partial charge in [-0.25, -0.2) is 15.0 Å². The lowest BCUT2D eigenvalue weighted by atomic mass is 10.1. The lowest BCUT2D eigenvalue weighted by molar-refractivity contribution is -0.118. The number of carbonyl (C=O) groups excluding carboxylic acids is 1. The second-order valence-corrected chi connectivity index (χ2v) is 8.65. The van der Waals surface area contributed by atoms with Crippen LogP contribution in [0, 0.1) is 6.92 Å². The van der Waals surface area contributed by atoms with Gasteiger partial charge in [-0.1, -0.05) is 19.1 Å². The SMILES string of the molecule is CCc1cc(-c2nc(C)c(-c3ccnc(Nc4cccc(CCNC(C)=O)c4)n3)s2)ccn1. The molecular formula is C25H26N6OS. The number of amides is 1. The molecule has 1 aromatic carbocycles. The van der Waals surface area contributed by atoms with Crippen LogP contribution in [0.1, 0.15) is 30.8 Å².